The van der Waals surface area contributed by atoms with Crippen LogP contribution in [0, 0.1) is 0 Å². The first-order valence-electron chi connectivity index (χ1n) is 45.1. The summed E-state index contributed by atoms with van der Waals surface area (Å²) in [5.74, 6) is -5.26. The zero-order chi connectivity index (χ0) is 84.5. The fraction of sp³-hybridized carbons (Fsp3) is 0.696. The van der Waals surface area contributed by atoms with E-state index in [-0.39, 0.29) is 84.7 Å². The topological polar surface area (TPSA) is 310 Å². The summed E-state index contributed by atoms with van der Waals surface area (Å²) in [6.07, 6.45) is 59.1. The van der Waals surface area contributed by atoms with E-state index in [1.54, 1.807) is 48.5 Å². The minimum atomic E-state index is -3.78. The molecule has 0 aliphatic carbocycles. The number of carbonyl (C=O) groups is 4. The number of aryl methyl sites for hydroxylation is 4. The van der Waals surface area contributed by atoms with Crippen LogP contribution in [-0.2, 0) is 124 Å². The first-order chi connectivity index (χ1) is 55.9. The average molecular weight is 1900 g/mol. The molecule has 26 heteroatoms. The summed E-state index contributed by atoms with van der Waals surface area (Å²) in [4.78, 5) is 45.5. The molecule has 4 aliphatic heterocycles. The molecule has 4 atom stereocenters. The molecule has 8 rings (SSSR count). The van der Waals surface area contributed by atoms with Gasteiger partial charge in [0, 0.05) is 26.2 Å². The van der Waals surface area contributed by atoms with Gasteiger partial charge in [0.1, 0.15) is 0 Å². The largest absolute Gasteiger partial charge is 2.00 e. The Morgan fingerprint density at radius 3 is 0.517 bits per heavy atom. The Balaban J connectivity index is 0.000000404. The normalized spacial score (nSPS) is 17.3. The van der Waals surface area contributed by atoms with Gasteiger partial charge in [0.25, 0.3) is 0 Å². The summed E-state index contributed by atoms with van der Waals surface area (Å²) in [5, 5.41) is 44.8. The van der Waals surface area contributed by atoms with Crippen molar-refractivity contribution in [2.45, 2.75) is 405 Å². The first-order valence-corrected chi connectivity index (χ1v) is 50.9. The summed E-state index contributed by atoms with van der Waals surface area (Å²) in [5.41, 5.74) is 4.51. The molecule has 0 spiro atoms. The molecule has 0 bridgehead atoms. The summed E-state index contributed by atoms with van der Waals surface area (Å²) in [6, 6.07) is 23.4. The Morgan fingerprint density at radius 2 is 0.381 bits per heavy atom. The van der Waals surface area contributed by atoms with E-state index < -0.39 is 88.1 Å². The van der Waals surface area contributed by atoms with E-state index in [0.717, 1.165) is 90.8 Å². The molecule has 4 saturated heterocycles. The fourth-order valence-electron chi connectivity index (χ4n) is 16.2. The third kappa shape index (κ3) is 38.8. The SMILES string of the molecule is CCCCCCCCCCCCc1ccc(S(=O)(=O)N2CCC[C@@H]2C(=O)[O-])cc1.CCCCCCCCCCCCc1ccc(S(=O)(=O)N2CCC[C@H]2C(=O)[O-])cc1.CCCCCCCCCCCCc1ccc(S(=O)(=O)N2CCC[C@H]2C(=O)[O-])cc1.CCCCCCCCCCCCc1ccc(S(=O)(=O)N2CCC[C@H]2C(=O)[O-])cc1.[Rh+2].[Rh+2]. The van der Waals surface area contributed by atoms with Gasteiger partial charge in [0.2, 0.25) is 40.1 Å². The smallest absolute Gasteiger partial charge is 0.548 e. The average Bonchev–Trinajstić information content (AvgIpc) is 1.57. The van der Waals surface area contributed by atoms with Crippen molar-refractivity contribution >= 4 is 64.0 Å². The van der Waals surface area contributed by atoms with Crippen LogP contribution in [-0.4, -0.2) is 125 Å². The number of carboxylic acids is 4. The molecule has 0 unspecified atom stereocenters. The number of carbonyl (C=O) groups excluding carboxylic acids is 4. The van der Waals surface area contributed by atoms with Crippen molar-refractivity contribution in [3.8, 4) is 0 Å². The van der Waals surface area contributed by atoms with Crippen LogP contribution < -0.4 is 20.4 Å². The van der Waals surface area contributed by atoms with Crippen molar-refractivity contribution < 1.29 is 112 Å². The van der Waals surface area contributed by atoms with Gasteiger partial charge in [0.15, 0.2) is 0 Å². The Labute approximate surface area is 738 Å². The number of benzene rings is 4. The maximum Gasteiger partial charge on any atom is 2.00 e. The Hall–Kier alpha value is -4.35. The standard InChI is InChI=1S/4C23H37NO4S.2Rh/c4*1-2-3-4-5-6-7-8-9-10-11-13-20-15-17-21(18-16-20)29(27,28)24-19-12-14-22(24)23(25)26;;/h4*15-18,22H,2-14,19H2,1H3,(H,25,26);;/q;;;;2*+2/p-4/t4*22-;;/m1000../s1. The number of aliphatic carboxylic acids is 4. The zero-order valence-electron chi connectivity index (χ0n) is 71.8. The summed E-state index contributed by atoms with van der Waals surface area (Å²) < 4.78 is 106. The molecule has 4 aliphatic rings. The van der Waals surface area contributed by atoms with E-state index in [4.69, 9.17) is 0 Å². The molecular weight excluding hydrogens is 1750 g/mol. The molecule has 670 valence electrons. The van der Waals surface area contributed by atoms with E-state index in [0.29, 0.717) is 51.4 Å². The van der Waals surface area contributed by atoms with E-state index in [9.17, 15) is 73.3 Å². The third-order valence-electron chi connectivity index (χ3n) is 23.3. The molecule has 118 heavy (non-hydrogen) atoms. The molecule has 4 fully saturated rings. The van der Waals surface area contributed by atoms with Gasteiger partial charge in [-0.15, -0.1) is 0 Å². The Kier molecular flexibility index (Phi) is 55.8. The van der Waals surface area contributed by atoms with Crippen LogP contribution >= 0.6 is 0 Å². The van der Waals surface area contributed by atoms with Gasteiger partial charge in [-0.3, -0.25) is 0 Å². The van der Waals surface area contributed by atoms with Crippen molar-refractivity contribution in [1.82, 2.24) is 17.2 Å². The molecule has 20 nitrogen and oxygen atoms in total. The van der Waals surface area contributed by atoms with Gasteiger partial charge in [-0.25, -0.2) is 33.7 Å². The van der Waals surface area contributed by atoms with Gasteiger partial charge < -0.3 is 39.6 Å². The van der Waals surface area contributed by atoms with E-state index in [1.807, 2.05) is 48.5 Å². The van der Waals surface area contributed by atoms with Gasteiger partial charge in [-0.05, 0) is 174 Å². The molecule has 4 heterocycles. The van der Waals surface area contributed by atoms with E-state index in [1.165, 1.54) is 231 Å². The van der Waals surface area contributed by atoms with E-state index >= 15 is 0 Å². The molecule has 2 radical (unpaired) electrons. The van der Waals surface area contributed by atoms with Crippen LogP contribution in [0.25, 0.3) is 0 Å². The second-order valence-electron chi connectivity index (χ2n) is 32.7. The quantitative estimate of drug-likeness (QED) is 0.0293. The molecule has 0 aromatic heterocycles. The van der Waals surface area contributed by atoms with Crippen molar-refractivity contribution in [2.75, 3.05) is 26.2 Å². The van der Waals surface area contributed by atoms with Crippen LogP contribution in [0.1, 0.15) is 358 Å². The van der Waals surface area contributed by atoms with Gasteiger partial charge in [0.05, 0.1) is 67.6 Å². The number of rotatable bonds is 56. The Morgan fingerprint density at radius 1 is 0.246 bits per heavy atom. The van der Waals surface area contributed by atoms with Crippen molar-refractivity contribution in [3.63, 3.8) is 0 Å². The van der Waals surface area contributed by atoms with Crippen molar-refractivity contribution in [2.24, 2.45) is 0 Å². The zero-order valence-corrected chi connectivity index (χ0v) is 78.3. The van der Waals surface area contributed by atoms with Gasteiger partial charge in [-0.2, -0.15) is 17.2 Å². The molecule has 0 N–H and O–H groups in total. The number of sulfonamides is 4. The van der Waals surface area contributed by atoms with Gasteiger partial charge in [-0.1, -0.05) is 307 Å². The third-order valence-corrected chi connectivity index (χ3v) is 31.0. The van der Waals surface area contributed by atoms with Crippen molar-refractivity contribution in [1.29, 1.82) is 0 Å². The van der Waals surface area contributed by atoms with Crippen molar-refractivity contribution in [3.05, 3.63) is 119 Å². The number of hydrogen-bond donors (Lipinski definition) is 0. The number of hydrogen-bond acceptors (Lipinski definition) is 16. The van der Waals surface area contributed by atoms with Gasteiger partial charge >= 0.3 is 39.0 Å². The van der Waals surface area contributed by atoms with Crippen LogP contribution in [0.4, 0.5) is 0 Å². The van der Waals surface area contributed by atoms with E-state index in [2.05, 4.69) is 27.7 Å². The predicted octanol–water partition coefficient (Wildman–Crippen LogP) is 16.2. The second-order valence-corrected chi connectivity index (χ2v) is 40.2. The monoisotopic (exact) mass is 1890 g/mol. The summed E-state index contributed by atoms with van der Waals surface area (Å²) in [7, 11) is -15.1. The summed E-state index contributed by atoms with van der Waals surface area (Å²) in [6.45, 7) is 9.92. The molecule has 4 aromatic carbocycles. The fourth-order valence-corrected chi connectivity index (χ4v) is 22.8. The number of carboxylic acid groups (broad SMARTS) is 4. The molecule has 4 aromatic rings. The minimum absolute atomic E-state index is 0. The van der Waals surface area contributed by atoms with Crippen LogP contribution in [0.3, 0.4) is 0 Å². The predicted molar refractivity (Wildman–Crippen MR) is 456 cm³/mol. The minimum Gasteiger partial charge on any atom is -0.548 e. The van der Waals surface area contributed by atoms with Crippen LogP contribution in [0.15, 0.2) is 117 Å². The first kappa shape index (κ1) is 108. The summed E-state index contributed by atoms with van der Waals surface area (Å²) >= 11 is 0. The van der Waals surface area contributed by atoms with Crippen LogP contribution in [0.2, 0.25) is 0 Å². The van der Waals surface area contributed by atoms with Crippen LogP contribution in [0.5, 0.6) is 0 Å². The molecule has 0 amide bonds. The number of unbranched alkanes of at least 4 members (excludes halogenated alkanes) is 36. The molecular formula is C92H144N4O16Rh2S4. The number of nitrogens with zero attached hydrogens (tertiary/aromatic N) is 4. The maximum atomic E-state index is 12.7. The Bertz CT molecular complexity index is 3380. The maximum absolute atomic E-state index is 12.7. The molecule has 0 saturated carbocycles. The second kappa shape index (κ2) is 61.1.